The van der Waals surface area contributed by atoms with Crippen molar-refractivity contribution in [2.75, 3.05) is 25.5 Å². The van der Waals surface area contributed by atoms with Gasteiger partial charge in [-0.2, -0.15) is 0 Å². The average Bonchev–Trinajstić information content (AvgIpc) is 2.13. The molecule has 5 heteroatoms. The molecule has 0 aromatic heterocycles. The number of likely N-dealkylation sites (N-methyl/N-ethyl adjacent to an activating group) is 2. The summed E-state index contributed by atoms with van der Waals surface area (Å²) in [5, 5.41) is 2.61. The lowest BCUT2D eigenvalue weighted by Gasteiger charge is -2.18. The Morgan fingerprint density at radius 1 is 1.38 bits per heavy atom. The highest BCUT2D eigenvalue weighted by molar-refractivity contribution is 6.27. The van der Waals surface area contributed by atoms with Gasteiger partial charge >= 0.3 is 0 Å². The molecule has 0 unspecified atom stereocenters. The van der Waals surface area contributed by atoms with Crippen LogP contribution in [-0.2, 0) is 9.59 Å². The summed E-state index contributed by atoms with van der Waals surface area (Å²) < 4.78 is 0. The van der Waals surface area contributed by atoms with Crippen LogP contribution in [0.2, 0.25) is 0 Å². The molecule has 0 rings (SSSR count). The van der Waals surface area contributed by atoms with Gasteiger partial charge in [-0.1, -0.05) is 0 Å². The first-order valence-corrected chi connectivity index (χ1v) is 4.79. The number of halogens is 1. The quantitative estimate of drug-likeness (QED) is 0.654. The summed E-state index contributed by atoms with van der Waals surface area (Å²) in [6.45, 7) is 4.81. The molecule has 76 valence electrons. The van der Waals surface area contributed by atoms with Crippen molar-refractivity contribution in [3.05, 3.63) is 0 Å². The Hall–Kier alpha value is -0.770. The Morgan fingerprint density at radius 3 is 2.38 bits per heavy atom. The number of carbonyl (C=O) groups is 2. The van der Waals surface area contributed by atoms with E-state index in [4.69, 9.17) is 11.6 Å². The fourth-order valence-electron chi connectivity index (χ4n) is 0.887. The third kappa shape index (κ3) is 4.72. The highest BCUT2D eigenvalue weighted by atomic mass is 35.5. The number of hydrogen-bond acceptors (Lipinski definition) is 2. The van der Waals surface area contributed by atoms with Crippen LogP contribution in [0.3, 0.4) is 0 Å². The maximum Gasteiger partial charge on any atom is 0.239 e. The Bertz CT molecular complexity index is 185. The summed E-state index contributed by atoms with van der Waals surface area (Å²) in [6, 6.07) is 0. The van der Waals surface area contributed by atoms with Crippen molar-refractivity contribution in [2.45, 2.75) is 13.8 Å². The number of carbonyl (C=O) groups excluding carboxylic acids is 2. The third-order valence-corrected chi connectivity index (χ3v) is 1.79. The smallest absolute Gasteiger partial charge is 0.239 e. The average molecular weight is 207 g/mol. The molecule has 0 fully saturated rings. The topological polar surface area (TPSA) is 49.4 Å². The van der Waals surface area contributed by atoms with Crippen LogP contribution >= 0.6 is 11.6 Å². The summed E-state index contributed by atoms with van der Waals surface area (Å²) >= 11 is 5.36. The summed E-state index contributed by atoms with van der Waals surface area (Å²) in [5.74, 6) is -0.439. The van der Waals surface area contributed by atoms with Crippen molar-refractivity contribution in [2.24, 2.45) is 0 Å². The van der Waals surface area contributed by atoms with E-state index in [0.717, 1.165) is 0 Å². The van der Waals surface area contributed by atoms with Gasteiger partial charge in [-0.25, -0.2) is 0 Å². The van der Waals surface area contributed by atoms with Crippen molar-refractivity contribution in [3.63, 3.8) is 0 Å². The summed E-state index contributed by atoms with van der Waals surface area (Å²) in [4.78, 5) is 23.6. The molecular weight excluding hydrogens is 192 g/mol. The van der Waals surface area contributed by atoms with Crippen LogP contribution in [-0.4, -0.2) is 42.2 Å². The minimum atomic E-state index is -0.213. The van der Waals surface area contributed by atoms with Crippen molar-refractivity contribution in [1.82, 2.24) is 10.2 Å². The SMILES string of the molecule is CCNC(=O)CN(CC)C(=O)CCl. The summed E-state index contributed by atoms with van der Waals surface area (Å²) in [7, 11) is 0. The van der Waals surface area contributed by atoms with Gasteiger partial charge in [0.2, 0.25) is 11.8 Å². The number of nitrogens with one attached hydrogen (secondary N) is 1. The zero-order chi connectivity index (χ0) is 10.3. The van der Waals surface area contributed by atoms with E-state index < -0.39 is 0 Å². The van der Waals surface area contributed by atoms with Crippen LogP contribution in [0.25, 0.3) is 0 Å². The predicted octanol–water partition coefficient (Wildman–Crippen LogP) is 0.210. The van der Waals surface area contributed by atoms with Gasteiger partial charge in [0, 0.05) is 13.1 Å². The first-order valence-electron chi connectivity index (χ1n) is 4.26. The van der Waals surface area contributed by atoms with E-state index in [1.165, 1.54) is 4.90 Å². The van der Waals surface area contributed by atoms with E-state index in [1.54, 1.807) is 0 Å². The Labute approximate surface area is 83.2 Å². The minimum absolute atomic E-state index is 0.0761. The van der Waals surface area contributed by atoms with Gasteiger partial charge in [-0.3, -0.25) is 9.59 Å². The van der Waals surface area contributed by atoms with Gasteiger partial charge in [0.25, 0.3) is 0 Å². The second-order valence-electron chi connectivity index (χ2n) is 2.50. The Balaban J connectivity index is 3.97. The molecule has 0 radical (unpaired) electrons. The predicted molar refractivity (Wildman–Crippen MR) is 51.7 cm³/mol. The largest absolute Gasteiger partial charge is 0.355 e. The second kappa shape index (κ2) is 6.71. The molecule has 0 spiro atoms. The fraction of sp³-hybridized carbons (Fsp3) is 0.750. The van der Waals surface area contributed by atoms with E-state index in [2.05, 4.69) is 5.32 Å². The van der Waals surface area contributed by atoms with Gasteiger partial charge in [-0.15, -0.1) is 11.6 Å². The van der Waals surface area contributed by atoms with E-state index in [1.807, 2.05) is 13.8 Å². The molecule has 0 heterocycles. The second-order valence-corrected chi connectivity index (χ2v) is 2.76. The summed E-state index contributed by atoms with van der Waals surface area (Å²) in [6.07, 6.45) is 0. The molecular formula is C8H15ClN2O2. The minimum Gasteiger partial charge on any atom is -0.355 e. The van der Waals surface area contributed by atoms with Crippen LogP contribution in [0, 0.1) is 0 Å². The van der Waals surface area contributed by atoms with Crippen LogP contribution in [0.4, 0.5) is 0 Å². The normalized spacial score (nSPS) is 9.46. The van der Waals surface area contributed by atoms with E-state index in [9.17, 15) is 9.59 Å². The maximum atomic E-state index is 11.1. The van der Waals surface area contributed by atoms with Gasteiger partial charge in [0.1, 0.15) is 5.88 Å². The highest BCUT2D eigenvalue weighted by Crippen LogP contribution is 1.91. The van der Waals surface area contributed by atoms with Crippen LogP contribution in [0.5, 0.6) is 0 Å². The maximum absolute atomic E-state index is 11.1. The molecule has 0 aliphatic heterocycles. The van der Waals surface area contributed by atoms with E-state index in [0.29, 0.717) is 13.1 Å². The van der Waals surface area contributed by atoms with Crippen molar-refractivity contribution in [3.8, 4) is 0 Å². The number of hydrogen-bond donors (Lipinski definition) is 1. The van der Waals surface area contributed by atoms with Crippen molar-refractivity contribution < 1.29 is 9.59 Å². The monoisotopic (exact) mass is 206 g/mol. The lowest BCUT2D eigenvalue weighted by molar-refractivity contribution is -0.133. The molecule has 0 aromatic carbocycles. The first-order chi connectivity index (χ1) is 6.15. The molecule has 1 N–H and O–H groups in total. The van der Waals surface area contributed by atoms with E-state index in [-0.39, 0.29) is 24.2 Å². The van der Waals surface area contributed by atoms with Gasteiger partial charge in [0.05, 0.1) is 6.54 Å². The fourth-order valence-corrected chi connectivity index (χ4v) is 1.06. The van der Waals surface area contributed by atoms with Gasteiger partial charge in [0.15, 0.2) is 0 Å². The summed E-state index contributed by atoms with van der Waals surface area (Å²) in [5.41, 5.74) is 0. The molecule has 4 nitrogen and oxygen atoms in total. The highest BCUT2D eigenvalue weighted by Gasteiger charge is 2.13. The molecule has 0 aromatic rings. The molecule has 13 heavy (non-hydrogen) atoms. The molecule has 0 aliphatic rings. The third-order valence-electron chi connectivity index (χ3n) is 1.56. The molecule has 0 atom stereocenters. The van der Waals surface area contributed by atoms with Crippen LogP contribution in [0.1, 0.15) is 13.8 Å². The molecule has 0 aliphatic carbocycles. The first kappa shape index (κ1) is 12.2. The molecule has 2 amide bonds. The lowest BCUT2D eigenvalue weighted by atomic mass is 10.4. The number of nitrogens with zero attached hydrogens (tertiary/aromatic N) is 1. The molecule has 0 saturated carbocycles. The van der Waals surface area contributed by atoms with Gasteiger partial charge in [-0.05, 0) is 13.8 Å². The molecule has 0 saturated heterocycles. The standard InChI is InChI=1S/C8H15ClN2O2/c1-3-10-7(12)6-11(4-2)8(13)5-9/h3-6H2,1-2H3,(H,10,12). The number of amides is 2. The van der Waals surface area contributed by atoms with E-state index >= 15 is 0 Å². The number of alkyl halides is 1. The van der Waals surface area contributed by atoms with Crippen molar-refractivity contribution >= 4 is 23.4 Å². The zero-order valence-electron chi connectivity index (χ0n) is 7.97. The lowest BCUT2D eigenvalue weighted by Crippen LogP contribution is -2.41. The van der Waals surface area contributed by atoms with Crippen molar-refractivity contribution in [1.29, 1.82) is 0 Å². The number of rotatable bonds is 5. The van der Waals surface area contributed by atoms with Crippen LogP contribution in [0.15, 0.2) is 0 Å². The zero-order valence-corrected chi connectivity index (χ0v) is 8.73. The Morgan fingerprint density at radius 2 is 2.00 bits per heavy atom. The van der Waals surface area contributed by atoms with Crippen LogP contribution < -0.4 is 5.32 Å². The molecule has 0 bridgehead atoms. The Kier molecular flexibility index (Phi) is 6.32. The van der Waals surface area contributed by atoms with Gasteiger partial charge < -0.3 is 10.2 Å².